The van der Waals surface area contributed by atoms with Crippen LogP contribution in [0, 0.1) is 0 Å². The van der Waals surface area contributed by atoms with Crippen LogP contribution in [0.15, 0.2) is 61.0 Å². The van der Waals surface area contributed by atoms with Crippen molar-refractivity contribution in [2.24, 2.45) is 0 Å². The molecule has 0 saturated heterocycles. The highest BCUT2D eigenvalue weighted by atomic mass is 14.9. The van der Waals surface area contributed by atoms with E-state index in [0.717, 1.165) is 11.4 Å². The van der Waals surface area contributed by atoms with Crippen LogP contribution in [0.3, 0.4) is 0 Å². The van der Waals surface area contributed by atoms with Gasteiger partial charge in [-0.3, -0.25) is 0 Å². The first-order valence-electron chi connectivity index (χ1n) is 4.26. The van der Waals surface area contributed by atoms with Gasteiger partial charge in [-0.25, -0.2) is 0 Å². The Morgan fingerprint density at radius 2 is 1.92 bits per heavy atom. The molecule has 0 atom stereocenters. The van der Waals surface area contributed by atoms with Gasteiger partial charge in [-0.15, -0.1) is 0 Å². The quantitative estimate of drug-likeness (QED) is 0.632. The van der Waals surface area contributed by atoms with E-state index in [-0.39, 0.29) is 0 Å². The highest BCUT2D eigenvalue weighted by Crippen LogP contribution is 1.97. The monoisotopic (exact) mass is 175 g/mol. The van der Waals surface area contributed by atoms with Crippen LogP contribution in [-0.4, -0.2) is 0 Å². The minimum atomic E-state index is 1.05. The molecule has 0 heterocycles. The van der Waals surface area contributed by atoms with E-state index in [0.29, 0.717) is 0 Å². The first-order valence-corrected chi connectivity index (χ1v) is 4.26. The maximum atomic E-state index is 3.63. The summed E-state index contributed by atoms with van der Waals surface area (Å²) in [6.07, 6.45) is 11.3. The molecular weight excluding hydrogens is 158 g/mol. The molecule has 0 aliphatic rings. The van der Waals surface area contributed by atoms with E-state index in [1.807, 2.05) is 38.2 Å². The third-order valence-electron chi connectivity index (χ3n) is 1.43. The van der Waals surface area contributed by atoms with Gasteiger partial charge in [0.1, 0.15) is 0 Å². The fourth-order valence-electron chi connectivity index (χ4n) is 0.828. The molecule has 0 spiro atoms. The topological polar surface area (TPSA) is 12.0 Å². The molecule has 0 saturated carbocycles. The zero-order chi connectivity index (χ0) is 10.1. The smallest absolute Gasteiger partial charge is 0.0338 e. The molecule has 0 aliphatic carbocycles. The number of hydrogen-bond acceptors (Lipinski definition) is 1. The van der Waals surface area contributed by atoms with Gasteiger partial charge in [-0.2, -0.15) is 0 Å². The average molecular weight is 175 g/mol. The molecule has 0 aromatic carbocycles. The average Bonchev–Trinajstić information content (AvgIpc) is 2.12. The fourth-order valence-corrected chi connectivity index (χ4v) is 0.828. The van der Waals surface area contributed by atoms with E-state index in [1.165, 1.54) is 0 Å². The molecule has 0 aromatic heterocycles. The zero-order valence-electron chi connectivity index (χ0n) is 8.38. The summed E-state index contributed by atoms with van der Waals surface area (Å²) in [5.41, 5.74) is 2.12. The van der Waals surface area contributed by atoms with Gasteiger partial charge in [0, 0.05) is 11.4 Å². The Kier molecular flexibility index (Phi) is 6.34. The first-order chi connectivity index (χ1) is 6.24. The predicted molar refractivity (Wildman–Crippen MR) is 60.2 cm³/mol. The highest BCUT2D eigenvalue weighted by Gasteiger charge is 1.88. The third-order valence-corrected chi connectivity index (χ3v) is 1.43. The second-order valence-corrected chi connectivity index (χ2v) is 2.55. The van der Waals surface area contributed by atoms with Crippen LogP contribution in [0.5, 0.6) is 0 Å². The lowest BCUT2D eigenvalue weighted by Crippen LogP contribution is -2.08. The zero-order valence-corrected chi connectivity index (χ0v) is 8.38. The Morgan fingerprint density at radius 1 is 1.23 bits per heavy atom. The van der Waals surface area contributed by atoms with Crippen LogP contribution in [0.2, 0.25) is 0 Å². The minimum absolute atomic E-state index is 1.05. The SMILES string of the molecule is C=C/C=C\C(=C/C)N/C(C)=C/C=C. The van der Waals surface area contributed by atoms with E-state index in [9.17, 15) is 0 Å². The molecule has 0 unspecified atom stereocenters. The molecule has 0 aromatic rings. The molecule has 70 valence electrons. The lowest BCUT2D eigenvalue weighted by molar-refractivity contribution is 0.999. The van der Waals surface area contributed by atoms with Gasteiger partial charge >= 0.3 is 0 Å². The predicted octanol–water partition coefficient (Wildman–Crippen LogP) is 3.31. The molecule has 13 heavy (non-hydrogen) atoms. The van der Waals surface area contributed by atoms with Crippen molar-refractivity contribution >= 4 is 0 Å². The van der Waals surface area contributed by atoms with Crippen LogP contribution in [0.1, 0.15) is 13.8 Å². The van der Waals surface area contributed by atoms with Gasteiger partial charge in [-0.1, -0.05) is 37.5 Å². The number of nitrogens with one attached hydrogen (secondary N) is 1. The van der Waals surface area contributed by atoms with Crippen molar-refractivity contribution in [2.45, 2.75) is 13.8 Å². The van der Waals surface area contributed by atoms with Gasteiger partial charge < -0.3 is 5.32 Å². The summed E-state index contributed by atoms with van der Waals surface area (Å²) in [4.78, 5) is 0. The normalized spacial score (nSPS) is 13.1. The maximum absolute atomic E-state index is 3.63. The molecule has 1 heteroatoms. The summed E-state index contributed by atoms with van der Waals surface area (Å²) in [6.45, 7) is 11.2. The molecule has 0 radical (unpaired) electrons. The Bertz CT molecular complexity index is 254. The molecule has 0 aliphatic heterocycles. The maximum Gasteiger partial charge on any atom is 0.0338 e. The van der Waals surface area contributed by atoms with Gasteiger partial charge in [0.15, 0.2) is 0 Å². The van der Waals surface area contributed by atoms with Gasteiger partial charge in [-0.05, 0) is 26.0 Å². The van der Waals surface area contributed by atoms with E-state index >= 15 is 0 Å². The van der Waals surface area contributed by atoms with Gasteiger partial charge in [0.25, 0.3) is 0 Å². The standard InChI is InChI=1S/C12H17N/c1-5-8-10-12(7-3)13-11(4)9-6-2/h5-10,13H,1-2H2,3-4H3/b10-8-,11-9+,12-7+. The van der Waals surface area contributed by atoms with Crippen molar-refractivity contribution in [1.82, 2.24) is 5.32 Å². The minimum Gasteiger partial charge on any atom is -0.359 e. The molecule has 0 bridgehead atoms. The molecule has 0 amide bonds. The van der Waals surface area contributed by atoms with Crippen molar-refractivity contribution in [3.05, 3.63) is 61.0 Å². The van der Waals surface area contributed by atoms with Crippen LogP contribution in [0.25, 0.3) is 0 Å². The van der Waals surface area contributed by atoms with Gasteiger partial charge in [0.05, 0.1) is 0 Å². The fraction of sp³-hybridized carbons (Fsp3) is 0.167. The van der Waals surface area contributed by atoms with Gasteiger partial charge in [0.2, 0.25) is 0 Å². The summed E-state index contributed by atoms with van der Waals surface area (Å²) in [7, 11) is 0. The molecule has 1 nitrogen and oxygen atoms in total. The summed E-state index contributed by atoms with van der Waals surface area (Å²) < 4.78 is 0. The van der Waals surface area contributed by atoms with E-state index in [1.54, 1.807) is 12.2 Å². The first kappa shape index (κ1) is 11.5. The van der Waals surface area contributed by atoms with E-state index in [2.05, 4.69) is 18.5 Å². The Labute approximate surface area is 80.9 Å². The Balaban J connectivity index is 4.30. The molecular formula is C12H17N. The summed E-state index contributed by atoms with van der Waals surface area (Å²) in [5, 5.41) is 3.22. The highest BCUT2D eigenvalue weighted by molar-refractivity contribution is 5.24. The lowest BCUT2D eigenvalue weighted by atomic mass is 10.3. The Morgan fingerprint density at radius 3 is 2.38 bits per heavy atom. The third kappa shape index (κ3) is 5.74. The Hall–Kier alpha value is -1.50. The number of rotatable bonds is 5. The van der Waals surface area contributed by atoms with E-state index < -0.39 is 0 Å². The molecule has 0 rings (SSSR count). The van der Waals surface area contributed by atoms with Crippen molar-refractivity contribution in [1.29, 1.82) is 0 Å². The molecule has 0 fully saturated rings. The van der Waals surface area contributed by atoms with Crippen molar-refractivity contribution in [2.75, 3.05) is 0 Å². The second-order valence-electron chi connectivity index (χ2n) is 2.55. The van der Waals surface area contributed by atoms with Crippen molar-refractivity contribution in [3.63, 3.8) is 0 Å². The summed E-state index contributed by atoms with van der Waals surface area (Å²) >= 11 is 0. The van der Waals surface area contributed by atoms with Crippen LogP contribution in [0.4, 0.5) is 0 Å². The van der Waals surface area contributed by atoms with Crippen molar-refractivity contribution in [3.8, 4) is 0 Å². The van der Waals surface area contributed by atoms with E-state index in [4.69, 9.17) is 0 Å². The summed E-state index contributed by atoms with van der Waals surface area (Å²) in [6, 6.07) is 0. The largest absolute Gasteiger partial charge is 0.359 e. The molecule has 1 N–H and O–H groups in total. The van der Waals surface area contributed by atoms with Crippen molar-refractivity contribution < 1.29 is 0 Å². The van der Waals surface area contributed by atoms with Crippen LogP contribution in [-0.2, 0) is 0 Å². The second kappa shape index (κ2) is 7.17. The van der Waals surface area contributed by atoms with Crippen LogP contribution >= 0.6 is 0 Å². The number of hydrogen-bond donors (Lipinski definition) is 1. The lowest BCUT2D eigenvalue weighted by Gasteiger charge is -2.05. The van der Waals surface area contributed by atoms with Crippen LogP contribution < -0.4 is 5.32 Å². The summed E-state index contributed by atoms with van der Waals surface area (Å²) in [5.74, 6) is 0. The number of allylic oxidation sites excluding steroid dienone is 7.